The first kappa shape index (κ1) is 31.9. The molecule has 2 aliphatic rings. The summed E-state index contributed by atoms with van der Waals surface area (Å²) in [5.74, 6) is 1.23. The van der Waals surface area contributed by atoms with Gasteiger partial charge in [-0.15, -0.1) is 0 Å². The molecule has 0 unspecified atom stereocenters. The number of hydrogen-bond acceptors (Lipinski definition) is 6. The predicted octanol–water partition coefficient (Wildman–Crippen LogP) is 5.69. The number of carbonyl (C=O) groups is 2. The highest BCUT2D eigenvalue weighted by Gasteiger charge is 2.31. The Morgan fingerprint density at radius 2 is 1.69 bits per heavy atom. The second-order valence-electron chi connectivity index (χ2n) is 11.7. The van der Waals surface area contributed by atoms with Gasteiger partial charge >= 0.3 is 0 Å². The largest absolute Gasteiger partial charge is 0.496 e. The summed E-state index contributed by atoms with van der Waals surface area (Å²) in [6, 6.07) is 7.76. The third-order valence-corrected chi connectivity index (χ3v) is 9.09. The first-order chi connectivity index (χ1) is 20.4. The van der Waals surface area contributed by atoms with Crippen LogP contribution in [0.15, 0.2) is 24.3 Å². The zero-order valence-electron chi connectivity index (χ0n) is 26.4. The number of nitrogens with one attached hydrogen (secondary N) is 1. The van der Waals surface area contributed by atoms with Crippen molar-refractivity contribution in [1.82, 2.24) is 24.9 Å². The zero-order chi connectivity index (χ0) is 30.1. The lowest BCUT2D eigenvalue weighted by atomic mass is 9.93. The number of aromatic nitrogens is 2. The Balaban J connectivity index is 1.67. The molecule has 9 heteroatoms. The Hall–Kier alpha value is -3.07. The third kappa shape index (κ3) is 7.46. The van der Waals surface area contributed by atoms with E-state index in [1.807, 2.05) is 40.8 Å². The van der Waals surface area contributed by atoms with Crippen LogP contribution in [0, 0.1) is 0 Å². The molecule has 1 aromatic heterocycles. The van der Waals surface area contributed by atoms with Crippen molar-refractivity contribution in [3.05, 3.63) is 30.0 Å². The molecule has 1 aliphatic carbocycles. The summed E-state index contributed by atoms with van der Waals surface area (Å²) in [5.41, 5.74) is 1.96. The van der Waals surface area contributed by atoms with E-state index in [2.05, 4.69) is 24.1 Å². The molecule has 232 valence electrons. The smallest absolute Gasteiger partial charge is 0.274 e. The minimum atomic E-state index is -0.202. The van der Waals surface area contributed by atoms with Crippen LogP contribution in [0.1, 0.15) is 102 Å². The summed E-state index contributed by atoms with van der Waals surface area (Å²) in [6.07, 6.45) is 9.77. The molecule has 1 atom stereocenters. The van der Waals surface area contributed by atoms with Crippen molar-refractivity contribution in [2.45, 2.75) is 103 Å². The average Bonchev–Trinajstić information content (AvgIpc) is 3.43. The van der Waals surface area contributed by atoms with Gasteiger partial charge in [0.05, 0.1) is 31.5 Å². The molecular weight excluding hydrogens is 530 g/mol. The molecule has 2 amide bonds. The van der Waals surface area contributed by atoms with Gasteiger partial charge in [-0.2, -0.15) is 5.10 Å². The normalized spacial score (nSPS) is 16.6. The fourth-order valence-electron chi connectivity index (χ4n) is 6.35. The van der Waals surface area contributed by atoms with Gasteiger partial charge in [-0.1, -0.05) is 26.3 Å². The van der Waals surface area contributed by atoms with Gasteiger partial charge in [0.15, 0.2) is 5.69 Å². The van der Waals surface area contributed by atoms with E-state index in [4.69, 9.17) is 14.6 Å². The molecule has 1 aromatic carbocycles. The monoisotopic (exact) mass is 581 g/mol. The lowest BCUT2D eigenvalue weighted by Crippen LogP contribution is -2.47. The molecule has 0 spiro atoms. The van der Waals surface area contributed by atoms with E-state index >= 15 is 0 Å². The van der Waals surface area contributed by atoms with Crippen molar-refractivity contribution in [3.8, 4) is 22.8 Å². The van der Waals surface area contributed by atoms with Gasteiger partial charge in [-0.25, -0.2) is 0 Å². The maximum atomic E-state index is 14.3. The van der Waals surface area contributed by atoms with E-state index < -0.39 is 0 Å². The summed E-state index contributed by atoms with van der Waals surface area (Å²) in [5, 5.41) is 8.13. The molecular formula is C33H51N5O4. The molecule has 0 radical (unpaired) electrons. The lowest BCUT2D eigenvalue weighted by molar-refractivity contribution is -0.123. The van der Waals surface area contributed by atoms with Gasteiger partial charge in [-0.3, -0.25) is 14.3 Å². The van der Waals surface area contributed by atoms with E-state index in [0.29, 0.717) is 30.2 Å². The van der Waals surface area contributed by atoms with E-state index in [9.17, 15) is 9.59 Å². The first-order valence-electron chi connectivity index (χ1n) is 16.1. The highest BCUT2D eigenvalue weighted by molar-refractivity contribution is 5.94. The first-order valence-corrected chi connectivity index (χ1v) is 16.1. The minimum absolute atomic E-state index is 0.0385. The fraction of sp³-hybridized carbons (Fsp3) is 0.667. The Morgan fingerprint density at radius 3 is 2.24 bits per heavy atom. The number of ether oxygens (including phenoxy) is 2. The molecule has 1 saturated heterocycles. The summed E-state index contributed by atoms with van der Waals surface area (Å²) < 4.78 is 13.4. The van der Waals surface area contributed by atoms with Gasteiger partial charge in [0.25, 0.3) is 5.91 Å². The van der Waals surface area contributed by atoms with Crippen molar-refractivity contribution in [3.63, 3.8) is 0 Å². The summed E-state index contributed by atoms with van der Waals surface area (Å²) >= 11 is 0. The summed E-state index contributed by atoms with van der Waals surface area (Å²) in [7, 11) is 3.28. The molecule has 9 nitrogen and oxygen atoms in total. The van der Waals surface area contributed by atoms with E-state index in [0.717, 1.165) is 63.0 Å². The lowest BCUT2D eigenvalue weighted by Gasteiger charge is -2.34. The number of rotatable bonds is 15. The van der Waals surface area contributed by atoms with Gasteiger partial charge < -0.3 is 24.6 Å². The van der Waals surface area contributed by atoms with Gasteiger partial charge in [0, 0.05) is 31.6 Å². The van der Waals surface area contributed by atoms with Crippen LogP contribution < -0.4 is 14.8 Å². The molecule has 0 bridgehead atoms. The van der Waals surface area contributed by atoms with Crippen LogP contribution in [0.2, 0.25) is 0 Å². The summed E-state index contributed by atoms with van der Waals surface area (Å²) in [6.45, 7) is 9.84. The number of carbonyl (C=O) groups excluding carboxylic acids is 2. The molecule has 1 saturated carbocycles. The number of benzene rings is 1. The predicted molar refractivity (Wildman–Crippen MR) is 166 cm³/mol. The standard InChI is InChI=1S/C33H51N5O4/c1-6-25(7-2)38-28(32-29(41-4)16-13-17-30(32)42-5)23-27(35-38)33(40)37(8-3)26(18-21-36-19-10-9-11-20-36)22-31(39)34-24-14-12-15-24/h13,16-17,23-26H,6-12,14-15,18-22H2,1-5H3,(H,34,39)/t26-/m0/s1. The van der Waals surface area contributed by atoms with Crippen LogP contribution >= 0.6 is 0 Å². The fourth-order valence-corrected chi connectivity index (χ4v) is 6.35. The zero-order valence-corrected chi connectivity index (χ0v) is 26.4. The van der Waals surface area contributed by atoms with Gasteiger partial charge in [0.1, 0.15) is 11.5 Å². The van der Waals surface area contributed by atoms with Crippen LogP contribution in [0.3, 0.4) is 0 Å². The highest BCUT2D eigenvalue weighted by Crippen LogP contribution is 2.40. The Bertz CT molecular complexity index is 1140. The van der Waals surface area contributed by atoms with Crippen LogP contribution in [0.5, 0.6) is 11.5 Å². The highest BCUT2D eigenvalue weighted by atomic mass is 16.5. The maximum absolute atomic E-state index is 14.3. The molecule has 2 aromatic rings. The van der Waals surface area contributed by atoms with E-state index in [1.54, 1.807) is 14.2 Å². The Kier molecular flexibility index (Phi) is 11.7. The number of amides is 2. The molecule has 2 fully saturated rings. The molecule has 2 heterocycles. The van der Waals surface area contributed by atoms with Crippen molar-refractivity contribution in [2.24, 2.45) is 0 Å². The maximum Gasteiger partial charge on any atom is 0.274 e. The van der Waals surface area contributed by atoms with Crippen molar-refractivity contribution >= 4 is 11.8 Å². The minimum Gasteiger partial charge on any atom is -0.496 e. The number of likely N-dealkylation sites (tertiary alicyclic amines) is 1. The number of methoxy groups -OCH3 is 2. The average molecular weight is 582 g/mol. The van der Waals surface area contributed by atoms with Crippen molar-refractivity contribution in [2.75, 3.05) is 40.4 Å². The number of hydrogen-bond donors (Lipinski definition) is 1. The third-order valence-electron chi connectivity index (χ3n) is 9.09. The van der Waals surface area contributed by atoms with Crippen LogP contribution in [-0.2, 0) is 4.79 Å². The van der Waals surface area contributed by atoms with E-state index in [1.165, 1.54) is 25.7 Å². The Morgan fingerprint density at radius 1 is 1.02 bits per heavy atom. The SMILES string of the molecule is CCC(CC)n1nc(C(=O)N(CC)[C@@H](CCN2CCCCC2)CC(=O)NC2CCC2)cc1-c1c(OC)cccc1OC. The van der Waals surface area contributed by atoms with Gasteiger partial charge in [0.2, 0.25) is 5.91 Å². The van der Waals surface area contributed by atoms with Crippen LogP contribution in [0.4, 0.5) is 0 Å². The van der Waals surface area contributed by atoms with Crippen LogP contribution in [-0.4, -0.2) is 83.9 Å². The van der Waals surface area contributed by atoms with E-state index in [-0.39, 0.29) is 29.9 Å². The topological polar surface area (TPSA) is 88.9 Å². The molecule has 42 heavy (non-hydrogen) atoms. The summed E-state index contributed by atoms with van der Waals surface area (Å²) in [4.78, 5) is 31.8. The Labute approximate surface area is 251 Å². The van der Waals surface area contributed by atoms with Crippen molar-refractivity contribution in [1.29, 1.82) is 0 Å². The number of nitrogens with zero attached hydrogens (tertiary/aromatic N) is 4. The quantitative estimate of drug-likeness (QED) is 0.291. The molecule has 1 aliphatic heterocycles. The van der Waals surface area contributed by atoms with Gasteiger partial charge in [-0.05, 0) is 89.6 Å². The molecule has 4 rings (SSSR count). The van der Waals surface area contributed by atoms with Crippen LogP contribution in [0.25, 0.3) is 11.3 Å². The van der Waals surface area contributed by atoms with Crippen molar-refractivity contribution < 1.29 is 19.1 Å². The second-order valence-corrected chi connectivity index (χ2v) is 11.7. The number of piperidine rings is 1. The molecule has 1 N–H and O–H groups in total. The second kappa shape index (κ2) is 15.4.